The Hall–Kier alpha value is -0.980. The lowest BCUT2D eigenvalue weighted by Gasteiger charge is -1.92. The van der Waals surface area contributed by atoms with Crippen molar-refractivity contribution in [3.05, 3.63) is 23.5 Å². The molecule has 0 amide bonds. The molecule has 1 rings (SSSR count). The molecule has 0 aliphatic heterocycles. The highest BCUT2D eigenvalue weighted by Crippen LogP contribution is 2.11. The van der Waals surface area contributed by atoms with E-state index in [2.05, 4.69) is 0 Å². The van der Waals surface area contributed by atoms with Crippen molar-refractivity contribution in [3.8, 4) is 6.07 Å². The van der Waals surface area contributed by atoms with Crippen LogP contribution in [0.3, 0.4) is 0 Å². The smallest absolute Gasteiger partial charge is 0.270 e. The number of rotatable bonds is 1. The van der Waals surface area contributed by atoms with Gasteiger partial charge in [0.2, 0.25) is 0 Å². The van der Waals surface area contributed by atoms with E-state index in [1.54, 1.807) is 6.07 Å². The van der Waals surface area contributed by atoms with Gasteiger partial charge in [0, 0.05) is 11.8 Å². The van der Waals surface area contributed by atoms with E-state index in [0.717, 1.165) is 4.09 Å². The van der Waals surface area contributed by atoms with E-state index in [0.29, 0.717) is 0 Å². The summed E-state index contributed by atoms with van der Waals surface area (Å²) < 4.78 is 0.926. The first-order chi connectivity index (χ1) is 5.16. The minimum absolute atomic E-state index is 0.102. The van der Waals surface area contributed by atoms with Crippen LogP contribution in [0.1, 0.15) is 16.2 Å². The number of nitriles is 1. The zero-order valence-electron chi connectivity index (χ0n) is 5.21. The molecule has 0 radical (unpaired) electrons. The van der Waals surface area contributed by atoms with E-state index in [9.17, 15) is 4.79 Å². The van der Waals surface area contributed by atoms with E-state index in [-0.39, 0.29) is 11.4 Å². The molecule has 56 valence electrons. The SMILES string of the molecule is N#Cc1ccc(C(=O)Cl)n1Cl. The van der Waals surface area contributed by atoms with Crippen molar-refractivity contribution >= 4 is 28.6 Å². The Labute approximate surface area is 72.9 Å². The number of nitrogens with zero attached hydrogens (tertiary/aromatic N) is 2. The maximum Gasteiger partial charge on any atom is 0.270 e. The molecule has 0 bridgehead atoms. The number of aromatic nitrogens is 1. The first-order valence-corrected chi connectivity index (χ1v) is 3.36. The van der Waals surface area contributed by atoms with Gasteiger partial charge in [-0.05, 0) is 23.7 Å². The van der Waals surface area contributed by atoms with Crippen molar-refractivity contribution in [1.82, 2.24) is 4.09 Å². The summed E-state index contributed by atoms with van der Waals surface area (Å²) in [6, 6.07) is 4.60. The van der Waals surface area contributed by atoms with Gasteiger partial charge in [-0.3, -0.25) is 4.79 Å². The number of carbonyl (C=O) groups is 1. The molecule has 3 nitrogen and oxygen atoms in total. The predicted molar refractivity (Wildman–Crippen MR) is 40.6 cm³/mol. The summed E-state index contributed by atoms with van der Waals surface area (Å²) in [5.41, 5.74) is 0.292. The monoisotopic (exact) mass is 188 g/mol. The fourth-order valence-corrected chi connectivity index (χ4v) is 1.06. The second kappa shape index (κ2) is 2.95. The average molecular weight is 189 g/mol. The van der Waals surface area contributed by atoms with Gasteiger partial charge in [-0.25, -0.2) is 4.09 Å². The minimum Gasteiger partial charge on any atom is -0.274 e. The molecule has 5 heteroatoms. The molecule has 1 aromatic rings. The van der Waals surface area contributed by atoms with Gasteiger partial charge >= 0.3 is 0 Å². The van der Waals surface area contributed by atoms with E-state index in [1.807, 2.05) is 0 Å². The van der Waals surface area contributed by atoms with E-state index in [1.165, 1.54) is 12.1 Å². The standard InChI is InChI=1S/C6H2Cl2N2O/c7-6(11)5-2-1-4(3-9)10(5)8/h1-2H. The largest absolute Gasteiger partial charge is 0.274 e. The first-order valence-electron chi connectivity index (χ1n) is 2.64. The molecule has 1 heterocycles. The molecule has 0 fully saturated rings. The van der Waals surface area contributed by atoms with E-state index >= 15 is 0 Å². The molecular formula is C6H2Cl2N2O. The van der Waals surface area contributed by atoms with Crippen LogP contribution in [0, 0.1) is 11.3 Å². The number of hydrogen-bond donors (Lipinski definition) is 0. The maximum absolute atomic E-state index is 10.5. The second-order valence-corrected chi connectivity index (χ2v) is 2.45. The molecular weight excluding hydrogens is 187 g/mol. The minimum atomic E-state index is -0.679. The lowest BCUT2D eigenvalue weighted by atomic mass is 10.4. The molecule has 0 N–H and O–H groups in total. The summed E-state index contributed by atoms with van der Waals surface area (Å²) in [5.74, 6) is 0. The first kappa shape index (κ1) is 8.12. The Balaban J connectivity index is 3.24. The molecule has 1 aromatic heterocycles. The van der Waals surface area contributed by atoms with E-state index < -0.39 is 5.24 Å². The van der Waals surface area contributed by atoms with Gasteiger partial charge in [0.15, 0.2) is 0 Å². The van der Waals surface area contributed by atoms with Gasteiger partial charge < -0.3 is 0 Å². The molecule has 11 heavy (non-hydrogen) atoms. The molecule has 0 atom stereocenters. The van der Waals surface area contributed by atoms with Crippen molar-refractivity contribution in [1.29, 1.82) is 5.26 Å². The average Bonchev–Trinajstić information content (AvgIpc) is 2.30. The Morgan fingerprint density at radius 2 is 2.27 bits per heavy atom. The van der Waals surface area contributed by atoms with Crippen molar-refractivity contribution in [2.45, 2.75) is 0 Å². The third-order valence-corrected chi connectivity index (χ3v) is 1.70. The van der Waals surface area contributed by atoms with Gasteiger partial charge in [-0.2, -0.15) is 5.26 Å². The summed E-state index contributed by atoms with van der Waals surface area (Å²) in [6.45, 7) is 0. The van der Waals surface area contributed by atoms with Crippen molar-refractivity contribution in [2.24, 2.45) is 0 Å². The Bertz CT molecular complexity index is 337. The predicted octanol–water partition coefficient (Wildman–Crippen LogP) is 1.74. The number of halogens is 2. The van der Waals surface area contributed by atoms with Gasteiger partial charge in [0.25, 0.3) is 5.24 Å². The molecule has 0 aromatic carbocycles. The Morgan fingerprint density at radius 3 is 2.55 bits per heavy atom. The highest BCUT2D eigenvalue weighted by Gasteiger charge is 2.10. The van der Waals surface area contributed by atoms with Crippen LogP contribution < -0.4 is 0 Å². The highest BCUT2D eigenvalue weighted by molar-refractivity contribution is 6.67. The topological polar surface area (TPSA) is 45.8 Å². The van der Waals surface area contributed by atoms with Crippen molar-refractivity contribution in [2.75, 3.05) is 0 Å². The van der Waals surface area contributed by atoms with Crippen molar-refractivity contribution < 1.29 is 4.79 Å². The maximum atomic E-state index is 10.5. The summed E-state index contributed by atoms with van der Waals surface area (Å²) in [4.78, 5) is 10.5. The van der Waals surface area contributed by atoms with E-state index in [4.69, 9.17) is 28.6 Å². The zero-order valence-corrected chi connectivity index (χ0v) is 6.73. The summed E-state index contributed by atoms with van der Waals surface area (Å²) >= 11 is 10.6. The highest BCUT2D eigenvalue weighted by atomic mass is 35.5. The van der Waals surface area contributed by atoms with Crippen LogP contribution in [-0.4, -0.2) is 9.33 Å². The van der Waals surface area contributed by atoms with Crippen LogP contribution in [0.2, 0.25) is 0 Å². The van der Waals surface area contributed by atoms with Gasteiger partial charge in [-0.1, -0.05) is 0 Å². The van der Waals surface area contributed by atoms with Crippen LogP contribution >= 0.6 is 23.4 Å². The fourth-order valence-electron chi connectivity index (χ4n) is 0.642. The lowest BCUT2D eigenvalue weighted by molar-refractivity contribution is 0.107. The van der Waals surface area contributed by atoms with Crippen LogP contribution in [0.15, 0.2) is 12.1 Å². The third-order valence-electron chi connectivity index (χ3n) is 1.14. The molecule has 0 aliphatic rings. The van der Waals surface area contributed by atoms with Gasteiger partial charge in [0.1, 0.15) is 17.5 Å². The fraction of sp³-hybridized carbons (Fsp3) is 0. The third kappa shape index (κ3) is 1.37. The lowest BCUT2D eigenvalue weighted by Crippen LogP contribution is -1.95. The number of carbonyl (C=O) groups excluding carboxylic acids is 1. The van der Waals surface area contributed by atoms with Crippen LogP contribution in [-0.2, 0) is 0 Å². The van der Waals surface area contributed by atoms with Gasteiger partial charge in [0.05, 0.1) is 0 Å². The molecule has 0 saturated carbocycles. The quantitative estimate of drug-likeness (QED) is 0.631. The Kier molecular flexibility index (Phi) is 2.18. The van der Waals surface area contributed by atoms with Gasteiger partial charge in [-0.15, -0.1) is 0 Å². The Morgan fingerprint density at radius 1 is 1.64 bits per heavy atom. The summed E-state index contributed by atoms with van der Waals surface area (Å²) in [5, 5.41) is 7.72. The van der Waals surface area contributed by atoms with Crippen LogP contribution in [0.4, 0.5) is 0 Å². The second-order valence-electron chi connectivity index (χ2n) is 1.77. The van der Waals surface area contributed by atoms with Crippen LogP contribution in [0.5, 0.6) is 0 Å². The molecule has 0 spiro atoms. The summed E-state index contributed by atoms with van der Waals surface area (Å²) in [7, 11) is 0. The zero-order chi connectivity index (χ0) is 8.43. The molecule has 0 unspecified atom stereocenters. The number of hydrogen-bond acceptors (Lipinski definition) is 2. The normalized spacial score (nSPS) is 9.18. The van der Waals surface area contributed by atoms with Crippen molar-refractivity contribution in [3.63, 3.8) is 0 Å². The van der Waals surface area contributed by atoms with Crippen LogP contribution in [0.25, 0.3) is 0 Å². The summed E-state index contributed by atoms with van der Waals surface area (Å²) in [6.07, 6.45) is 0. The molecule has 0 aliphatic carbocycles. The molecule has 0 saturated heterocycles.